The Morgan fingerprint density at radius 1 is 1.04 bits per heavy atom. The van der Waals surface area contributed by atoms with Crippen LogP contribution in [-0.4, -0.2) is 64.0 Å². The van der Waals surface area contributed by atoms with Crippen LogP contribution in [0.2, 0.25) is 0 Å². The Hall–Kier alpha value is -4.57. The van der Waals surface area contributed by atoms with Crippen LogP contribution in [0.1, 0.15) is 50.8 Å². The molecule has 2 N–H and O–H groups in total. The number of aliphatic carboxylic acids is 1. The number of thiazole rings is 1. The minimum atomic E-state index is -5.08. The van der Waals surface area contributed by atoms with Gasteiger partial charge in [-0.3, -0.25) is 0 Å². The molecule has 3 heterocycles. The summed E-state index contributed by atoms with van der Waals surface area (Å²) >= 11 is 3.02. The summed E-state index contributed by atoms with van der Waals surface area (Å²) in [4.78, 5) is 34.5. The number of methoxy groups -OCH3 is 1. The molecule has 16 heteroatoms. The number of halogens is 4. The molecule has 0 bridgehead atoms. The number of alkyl halides is 3. The molecular formula is C34H36F4N4O6S2. The minimum absolute atomic E-state index is 0.248. The lowest BCUT2D eigenvalue weighted by molar-refractivity contribution is -0.192. The standard InChI is InChI=1S/C32H35FN4O4S2.C2HF3O2/c1-20-15-22(33)9-10-27(20)40-28-17-25(43-24-8-6-7-23(16-24)39-5)18-34-29(28)36-30-35-26(19-42-30)21-11-13-37(14-12-21)31(38)41-32(2,3)4;3-2(4,5)1(6)7/h6-10,15-19,21H,11-14H2,1-5H3,(H,34,35,36);(H,6,7). The summed E-state index contributed by atoms with van der Waals surface area (Å²) in [5, 5.41) is 13.2. The van der Waals surface area contributed by atoms with Crippen LogP contribution in [0, 0.1) is 12.7 Å². The van der Waals surface area contributed by atoms with Crippen molar-refractivity contribution in [1.82, 2.24) is 14.9 Å². The molecular weight excluding hydrogens is 701 g/mol. The molecule has 0 unspecified atom stereocenters. The predicted molar refractivity (Wildman–Crippen MR) is 181 cm³/mol. The van der Waals surface area contributed by atoms with Gasteiger partial charge in [-0.1, -0.05) is 17.8 Å². The highest BCUT2D eigenvalue weighted by atomic mass is 32.2. The van der Waals surface area contributed by atoms with Crippen LogP contribution in [0.3, 0.4) is 0 Å². The summed E-state index contributed by atoms with van der Waals surface area (Å²) in [7, 11) is 1.64. The molecule has 0 radical (unpaired) electrons. The van der Waals surface area contributed by atoms with Crippen molar-refractivity contribution in [2.45, 2.75) is 68.0 Å². The van der Waals surface area contributed by atoms with E-state index in [0.29, 0.717) is 41.1 Å². The zero-order valence-corrected chi connectivity index (χ0v) is 29.5. The molecule has 4 aromatic rings. The number of amides is 1. The van der Waals surface area contributed by atoms with Crippen molar-refractivity contribution >= 4 is 46.1 Å². The molecule has 0 atom stereocenters. The van der Waals surface area contributed by atoms with Gasteiger partial charge >= 0.3 is 18.2 Å². The number of nitrogens with zero attached hydrogens (tertiary/aromatic N) is 3. The molecule has 5 rings (SSSR count). The number of benzene rings is 2. The minimum Gasteiger partial charge on any atom is -0.497 e. The van der Waals surface area contributed by atoms with Gasteiger partial charge in [0.15, 0.2) is 16.7 Å². The second-order valence-corrected chi connectivity index (χ2v) is 14.1. The van der Waals surface area contributed by atoms with Gasteiger partial charge in [0.05, 0.1) is 12.8 Å². The zero-order valence-electron chi connectivity index (χ0n) is 27.8. The number of aryl methyl sites for hydroxylation is 1. The number of carbonyl (C=O) groups excluding carboxylic acids is 1. The van der Waals surface area contributed by atoms with E-state index in [1.54, 1.807) is 31.2 Å². The van der Waals surface area contributed by atoms with E-state index in [-0.39, 0.29) is 17.8 Å². The number of pyridine rings is 1. The van der Waals surface area contributed by atoms with Crippen LogP contribution in [0.5, 0.6) is 17.2 Å². The highest BCUT2D eigenvalue weighted by Crippen LogP contribution is 2.39. The highest BCUT2D eigenvalue weighted by Gasteiger charge is 2.38. The summed E-state index contributed by atoms with van der Waals surface area (Å²) in [6.07, 6.45) is -1.95. The van der Waals surface area contributed by atoms with Crippen LogP contribution in [0.15, 0.2) is 69.9 Å². The van der Waals surface area contributed by atoms with Gasteiger partial charge in [0.2, 0.25) is 0 Å². The molecule has 268 valence electrons. The Morgan fingerprint density at radius 3 is 2.36 bits per heavy atom. The van der Waals surface area contributed by atoms with E-state index in [0.717, 1.165) is 34.1 Å². The molecule has 1 amide bonds. The lowest BCUT2D eigenvalue weighted by Gasteiger charge is -2.32. The number of nitrogens with one attached hydrogen (secondary N) is 1. The number of carboxylic acid groups (broad SMARTS) is 1. The number of aromatic nitrogens is 2. The smallest absolute Gasteiger partial charge is 0.490 e. The Morgan fingerprint density at radius 2 is 1.74 bits per heavy atom. The van der Waals surface area contributed by atoms with Crippen LogP contribution >= 0.6 is 23.1 Å². The summed E-state index contributed by atoms with van der Waals surface area (Å²) < 4.78 is 62.7. The van der Waals surface area contributed by atoms with Crippen molar-refractivity contribution in [3.05, 3.63) is 77.2 Å². The molecule has 0 spiro atoms. The van der Waals surface area contributed by atoms with Gasteiger partial charge in [-0.15, -0.1) is 11.3 Å². The fraction of sp³-hybridized carbons (Fsp3) is 0.353. The molecule has 1 aliphatic heterocycles. The third-order valence-corrected chi connectivity index (χ3v) is 8.74. The molecule has 10 nitrogen and oxygen atoms in total. The predicted octanol–water partition coefficient (Wildman–Crippen LogP) is 9.43. The lowest BCUT2D eigenvalue weighted by Crippen LogP contribution is -2.41. The number of ether oxygens (including phenoxy) is 3. The summed E-state index contributed by atoms with van der Waals surface area (Å²) in [6.45, 7) is 8.68. The van der Waals surface area contributed by atoms with E-state index in [4.69, 9.17) is 29.1 Å². The van der Waals surface area contributed by atoms with Crippen LogP contribution < -0.4 is 14.8 Å². The van der Waals surface area contributed by atoms with Crippen LogP contribution in [0.25, 0.3) is 0 Å². The first-order chi connectivity index (χ1) is 23.5. The normalized spacial score (nSPS) is 13.6. The van der Waals surface area contributed by atoms with Crippen molar-refractivity contribution in [3.8, 4) is 17.2 Å². The Balaban J connectivity index is 0.000000727. The number of piperidine rings is 1. The fourth-order valence-corrected chi connectivity index (χ4v) is 6.27. The molecule has 2 aromatic carbocycles. The number of anilines is 2. The third-order valence-electron chi connectivity index (χ3n) is 7.02. The molecule has 1 saturated heterocycles. The fourth-order valence-electron chi connectivity index (χ4n) is 4.62. The van der Waals surface area contributed by atoms with Crippen molar-refractivity contribution < 1.29 is 46.5 Å². The first kappa shape index (κ1) is 38.2. The van der Waals surface area contributed by atoms with Crippen molar-refractivity contribution in [3.63, 3.8) is 0 Å². The van der Waals surface area contributed by atoms with Gasteiger partial charge in [0.1, 0.15) is 22.9 Å². The Labute approximate surface area is 294 Å². The SMILES string of the molecule is COc1cccc(Sc2cnc(Nc3nc(C4CCN(C(=O)OC(C)(C)C)CC4)cs3)c(Oc3ccc(F)cc3C)c2)c1.O=C(O)C(F)(F)F. The van der Waals surface area contributed by atoms with Crippen molar-refractivity contribution in [2.75, 3.05) is 25.5 Å². The average molecular weight is 737 g/mol. The van der Waals surface area contributed by atoms with Crippen molar-refractivity contribution in [1.29, 1.82) is 0 Å². The topological polar surface area (TPSA) is 123 Å². The zero-order chi connectivity index (χ0) is 36.6. The number of hydrogen-bond donors (Lipinski definition) is 2. The number of hydrogen-bond acceptors (Lipinski definition) is 10. The van der Waals surface area contributed by atoms with E-state index in [1.807, 2.05) is 56.5 Å². The molecule has 0 aliphatic carbocycles. The maximum atomic E-state index is 13.8. The number of likely N-dealkylation sites (tertiary alicyclic amines) is 1. The second-order valence-electron chi connectivity index (χ2n) is 12.1. The van der Waals surface area contributed by atoms with Gasteiger partial charge < -0.3 is 29.5 Å². The van der Waals surface area contributed by atoms with E-state index in [1.165, 1.54) is 35.2 Å². The first-order valence-electron chi connectivity index (χ1n) is 15.3. The Bertz CT molecular complexity index is 1790. The van der Waals surface area contributed by atoms with E-state index in [9.17, 15) is 22.4 Å². The monoisotopic (exact) mass is 736 g/mol. The quantitative estimate of drug-likeness (QED) is 0.169. The summed E-state index contributed by atoms with van der Waals surface area (Å²) in [5.74, 6) is -0.540. The second kappa shape index (κ2) is 16.4. The van der Waals surface area contributed by atoms with E-state index < -0.39 is 17.7 Å². The lowest BCUT2D eigenvalue weighted by atomic mass is 9.94. The maximum Gasteiger partial charge on any atom is 0.490 e. The van der Waals surface area contributed by atoms with Crippen LogP contribution in [-0.2, 0) is 9.53 Å². The molecule has 1 aliphatic rings. The van der Waals surface area contributed by atoms with Crippen molar-refractivity contribution in [2.24, 2.45) is 0 Å². The van der Waals surface area contributed by atoms with E-state index in [2.05, 4.69) is 10.3 Å². The summed E-state index contributed by atoms with van der Waals surface area (Å²) in [6, 6.07) is 14.1. The molecule has 1 fully saturated rings. The van der Waals surface area contributed by atoms with E-state index >= 15 is 0 Å². The number of carbonyl (C=O) groups is 2. The highest BCUT2D eigenvalue weighted by molar-refractivity contribution is 7.99. The average Bonchev–Trinajstić information content (AvgIpc) is 3.51. The Kier molecular flexibility index (Phi) is 12.6. The number of carboxylic acids is 1. The maximum absolute atomic E-state index is 13.8. The molecule has 50 heavy (non-hydrogen) atoms. The van der Waals surface area contributed by atoms with Gasteiger partial charge in [0.25, 0.3) is 0 Å². The number of rotatable bonds is 8. The van der Waals surface area contributed by atoms with Gasteiger partial charge in [-0.05, 0) is 82.5 Å². The third kappa shape index (κ3) is 11.2. The molecule has 0 saturated carbocycles. The molecule has 2 aromatic heterocycles. The summed E-state index contributed by atoms with van der Waals surface area (Å²) in [5.41, 5.74) is 1.14. The van der Waals surface area contributed by atoms with Gasteiger partial charge in [0, 0.05) is 46.4 Å². The first-order valence-corrected chi connectivity index (χ1v) is 17.0. The van der Waals surface area contributed by atoms with Crippen LogP contribution in [0.4, 0.5) is 33.3 Å². The van der Waals surface area contributed by atoms with Gasteiger partial charge in [-0.2, -0.15) is 13.2 Å². The largest absolute Gasteiger partial charge is 0.497 e. The van der Waals surface area contributed by atoms with Gasteiger partial charge in [-0.25, -0.2) is 23.9 Å².